The van der Waals surface area contributed by atoms with Gasteiger partial charge in [0.1, 0.15) is 12.4 Å². The average Bonchev–Trinajstić information content (AvgIpc) is 3.29. The van der Waals surface area contributed by atoms with Crippen molar-refractivity contribution in [1.82, 2.24) is 9.47 Å². The Labute approximate surface area is 165 Å². The van der Waals surface area contributed by atoms with E-state index < -0.39 is 11.8 Å². The van der Waals surface area contributed by atoms with Crippen LogP contribution in [-0.2, 0) is 11.4 Å². The van der Waals surface area contributed by atoms with Crippen LogP contribution in [0.3, 0.4) is 0 Å². The largest absolute Gasteiger partial charge is 0.485 e. The number of aromatic nitrogens is 1. The molecule has 0 aliphatic carbocycles. The number of para-hydroxylation sites is 2. The Hall–Kier alpha value is -2.63. The molecule has 1 unspecified atom stereocenters. The summed E-state index contributed by atoms with van der Waals surface area (Å²) in [6.45, 7) is 10.6. The molecule has 0 N–H and O–H groups in total. The van der Waals surface area contributed by atoms with Crippen molar-refractivity contribution in [3.63, 3.8) is 0 Å². The van der Waals surface area contributed by atoms with Crippen molar-refractivity contribution < 1.29 is 18.3 Å². The second-order valence-corrected chi connectivity index (χ2v) is 6.64. The van der Waals surface area contributed by atoms with Crippen LogP contribution in [0.1, 0.15) is 46.2 Å². The van der Waals surface area contributed by atoms with Crippen LogP contribution in [-0.4, -0.2) is 27.3 Å². The third-order valence-corrected chi connectivity index (χ3v) is 4.56. The zero-order valence-corrected chi connectivity index (χ0v) is 16.9. The number of carbonyl (C=O) groups is 1. The minimum atomic E-state index is -3.29. The van der Waals surface area contributed by atoms with Gasteiger partial charge in [-0.15, -0.1) is 0 Å². The van der Waals surface area contributed by atoms with Crippen molar-refractivity contribution in [3.8, 4) is 11.4 Å². The SMILES string of the molecule is C=C1CCC(C)N1C(=O)C(C)(F)F.CC.c1ccc2c(c1)OCc1cccn1-2. The van der Waals surface area contributed by atoms with Gasteiger partial charge in [-0.3, -0.25) is 4.79 Å². The van der Waals surface area contributed by atoms with Crippen molar-refractivity contribution in [2.45, 2.75) is 59.1 Å². The number of rotatable bonds is 1. The number of amides is 1. The van der Waals surface area contributed by atoms with Crippen molar-refractivity contribution in [2.24, 2.45) is 0 Å². The Morgan fingerprint density at radius 3 is 2.50 bits per heavy atom. The molecule has 0 radical (unpaired) electrons. The van der Waals surface area contributed by atoms with Crippen LogP contribution in [0, 0.1) is 0 Å². The number of carbonyl (C=O) groups excluding carboxylic acids is 1. The normalized spacial score (nSPS) is 17.3. The fourth-order valence-electron chi connectivity index (χ4n) is 3.19. The molecule has 1 saturated heterocycles. The Morgan fingerprint density at radius 2 is 1.89 bits per heavy atom. The van der Waals surface area contributed by atoms with Crippen LogP contribution >= 0.6 is 0 Å². The van der Waals surface area contributed by atoms with E-state index in [0.29, 0.717) is 25.6 Å². The van der Waals surface area contributed by atoms with E-state index in [2.05, 4.69) is 29.5 Å². The van der Waals surface area contributed by atoms with Gasteiger partial charge in [0.25, 0.3) is 5.91 Å². The van der Waals surface area contributed by atoms with E-state index in [1.807, 2.05) is 38.1 Å². The summed E-state index contributed by atoms with van der Waals surface area (Å²) in [5.74, 6) is -3.46. The van der Waals surface area contributed by atoms with Crippen molar-refractivity contribution in [2.75, 3.05) is 0 Å². The van der Waals surface area contributed by atoms with E-state index in [-0.39, 0.29) is 6.04 Å². The van der Waals surface area contributed by atoms with E-state index in [9.17, 15) is 13.6 Å². The van der Waals surface area contributed by atoms with E-state index >= 15 is 0 Å². The average molecular weight is 390 g/mol. The van der Waals surface area contributed by atoms with Gasteiger partial charge >= 0.3 is 5.92 Å². The minimum absolute atomic E-state index is 0.147. The molecule has 152 valence electrons. The number of fused-ring (bicyclic) bond motifs is 3. The molecule has 0 saturated carbocycles. The van der Waals surface area contributed by atoms with Crippen LogP contribution in [0.25, 0.3) is 5.69 Å². The maximum absolute atomic E-state index is 12.7. The first kappa shape index (κ1) is 21.7. The van der Waals surface area contributed by atoms with Gasteiger partial charge in [-0.2, -0.15) is 8.78 Å². The number of benzene rings is 1. The molecule has 2 aliphatic heterocycles. The fraction of sp³-hybridized carbons (Fsp3) is 0.409. The van der Waals surface area contributed by atoms with Crippen LogP contribution in [0.4, 0.5) is 8.78 Å². The Bertz CT molecular complexity index is 824. The quantitative estimate of drug-likeness (QED) is 0.639. The lowest BCUT2D eigenvalue weighted by molar-refractivity contribution is -0.153. The Balaban J connectivity index is 0.000000184. The Kier molecular flexibility index (Phi) is 7.00. The molecule has 28 heavy (non-hydrogen) atoms. The number of nitrogens with zero attached hydrogens (tertiary/aromatic N) is 2. The molecule has 3 heterocycles. The first-order valence-electron chi connectivity index (χ1n) is 9.56. The summed E-state index contributed by atoms with van der Waals surface area (Å²) in [4.78, 5) is 12.3. The highest BCUT2D eigenvalue weighted by molar-refractivity contribution is 5.85. The smallest absolute Gasteiger partial charge is 0.322 e. The molecule has 4 rings (SSSR count). The van der Waals surface area contributed by atoms with Gasteiger partial charge < -0.3 is 14.2 Å². The first-order valence-corrected chi connectivity index (χ1v) is 9.56. The molecule has 1 atom stereocenters. The summed E-state index contributed by atoms with van der Waals surface area (Å²) in [5, 5.41) is 0. The van der Waals surface area contributed by atoms with Crippen LogP contribution in [0.5, 0.6) is 5.75 Å². The minimum Gasteiger partial charge on any atom is -0.485 e. The zero-order valence-electron chi connectivity index (χ0n) is 16.9. The number of allylic oxidation sites excluding steroid dienone is 1. The predicted octanol–water partition coefficient (Wildman–Crippen LogP) is 5.56. The highest BCUT2D eigenvalue weighted by Crippen LogP contribution is 2.30. The summed E-state index contributed by atoms with van der Waals surface area (Å²) in [5.41, 5.74) is 2.84. The van der Waals surface area contributed by atoms with E-state index in [0.717, 1.165) is 22.8 Å². The molecule has 0 spiro atoms. The summed E-state index contributed by atoms with van der Waals surface area (Å²) in [7, 11) is 0. The van der Waals surface area contributed by atoms with Gasteiger partial charge in [-0.25, -0.2) is 0 Å². The molecule has 4 nitrogen and oxygen atoms in total. The number of hydrogen-bond acceptors (Lipinski definition) is 2. The monoisotopic (exact) mass is 390 g/mol. The molecule has 1 aromatic carbocycles. The van der Waals surface area contributed by atoms with Crippen LogP contribution < -0.4 is 4.74 Å². The van der Waals surface area contributed by atoms with Crippen molar-refractivity contribution in [1.29, 1.82) is 0 Å². The lowest BCUT2D eigenvalue weighted by Crippen LogP contribution is -2.42. The van der Waals surface area contributed by atoms with Crippen molar-refractivity contribution in [3.05, 3.63) is 60.6 Å². The molecule has 1 aromatic heterocycles. The molecule has 1 amide bonds. The summed E-state index contributed by atoms with van der Waals surface area (Å²) in [6, 6.07) is 12.1. The number of halogens is 2. The number of alkyl halides is 2. The highest BCUT2D eigenvalue weighted by atomic mass is 19.3. The first-order chi connectivity index (χ1) is 13.3. The fourth-order valence-corrected chi connectivity index (χ4v) is 3.19. The van der Waals surface area contributed by atoms with Crippen LogP contribution in [0.2, 0.25) is 0 Å². The van der Waals surface area contributed by atoms with E-state index in [4.69, 9.17) is 4.74 Å². The lowest BCUT2D eigenvalue weighted by atomic mass is 10.2. The third kappa shape index (κ3) is 4.61. The molecular formula is C22H28F2N2O2. The van der Waals surface area contributed by atoms with Gasteiger partial charge in [-0.1, -0.05) is 32.6 Å². The van der Waals surface area contributed by atoms with Gasteiger partial charge in [-0.05, 0) is 44.0 Å². The molecule has 2 aliphatic rings. The molecule has 6 heteroatoms. The second kappa shape index (κ2) is 9.04. The number of hydrogen-bond donors (Lipinski definition) is 0. The second-order valence-electron chi connectivity index (χ2n) is 6.64. The summed E-state index contributed by atoms with van der Waals surface area (Å²) in [6.07, 6.45) is 3.42. The standard InChI is InChI=1S/C11H9NO.C9H13F2NO.C2H6/c1-2-6-11-10(5-1)12-7-3-4-9(12)8-13-11;1-6-4-5-7(2)12(6)8(13)9(3,10)11;1-2/h1-7H,8H2;7H,1,4-5H2,2-3H3;1-2H3. The predicted molar refractivity (Wildman–Crippen MR) is 107 cm³/mol. The molecular weight excluding hydrogens is 362 g/mol. The van der Waals surface area contributed by atoms with Crippen molar-refractivity contribution >= 4 is 5.91 Å². The van der Waals surface area contributed by atoms with E-state index in [1.54, 1.807) is 6.92 Å². The summed E-state index contributed by atoms with van der Waals surface area (Å²) >= 11 is 0. The maximum atomic E-state index is 12.7. The van der Waals surface area contributed by atoms with Gasteiger partial charge in [0.15, 0.2) is 0 Å². The Morgan fingerprint density at radius 1 is 1.21 bits per heavy atom. The van der Waals surface area contributed by atoms with Gasteiger partial charge in [0.2, 0.25) is 0 Å². The maximum Gasteiger partial charge on any atom is 0.322 e. The summed E-state index contributed by atoms with van der Waals surface area (Å²) < 4.78 is 33.1. The topological polar surface area (TPSA) is 34.5 Å². The van der Waals surface area contributed by atoms with Crippen LogP contribution in [0.15, 0.2) is 54.9 Å². The lowest BCUT2D eigenvalue weighted by Gasteiger charge is -2.25. The molecule has 2 aromatic rings. The highest BCUT2D eigenvalue weighted by Gasteiger charge is 2.41. The van der Waals surface area contributed by atoms with Gasteiger partial charge in [0, 0.05) is 24.9 Å². The molecule has 1 fully saturated rings. The zero-order chi connectivity index (χ0) is 20.9. The number of ether oxygens (including phenoxy) is 1. The third-order valence-electron chi connectivity index (χ3n) is 4.56. The number of likely N-dealkylation sites (tertiary alicyclic amines) is 1. The van der Waals surface area contributed by atoms with E-state index in [1.165, 1.54) is 5.69 Å². The molecule has 0 bridgehead atoms. The van der Waals surface area contributed by atoms with Gasteiger partial charge in [0.05, 0.1) is 11.4 Å².